The Kier molecular flexibility index (Phi) is 4.95. The molecule has 0 spiro atoms. The number of carbonyl (C=O) groups excluding carboxylic acids is 1. The van der Waals surface area contributed by atoms with Crippen LogP contribution in [0, 0.1) is 0 Å². The van der Waals surface area contributed by atoms with Crippen molar-refractivity contribution < 1.29 is 19.4 Å². The number of para-hydroxylation sites is 2. The number of rotatable bonds is 7. The lowest BCUT2D eigenvalue weighted by Crippen LogP contribution is -2.43. The molecule has 1 heterocycles. The fourth-order valence-corrected chi connectivity index (χ4v) is 2.14. The van der Waals surface area contributed by atoms with Crippen molar-refractivity contribution in [2.24, 2.45) is 0 Å². The minimum Gasteiger partial charge on any atom is -0.480 e. The second kappa shape index (κ2) is 6.90. The number of fused-ring (bicyclic) bond motifs is 1. The number of imidazole rings is 1. The van der Waals surface area contributed by atoms with Crippen LogP contribution in [-0.2, 0) is 20.9 Å². The summed E-state index contributed by atoms with van der Waals surface area (Å²) in [6.45, 7) is -0.0378. The quantitative estimate of drug-likeness (QED) is 0.663. The third-order valence-electron chi connectivity index (χ3n) is 3.23. The molecule has 1 unspecified atom stereocenters. The number of aromatic nitrogens is 2. The molecule has 1 atom stereocenters. The number of carbonyl (C=O) groups is 2. The summed E-state index contributed by atoms with van der Waals surface area (Å²) >= 11 is 0. The number of ether oxygens (including phenoxy) is 1. The molecule has 0 bridgehead atoms. The van der Waals surface area contributed by atoms with Crippen molar-refractivity contribution in [2.75, 3.05) is 13.7 Å². The monoisotopic (exact) mass is 307 g/mol. The van der Waals surface area contributed by atoms with Crippen LogP contribution in [-0.4, -0.2) is 46.3 Å². The van der Waals surface area contributed by atoms with E-state index < -0.39 is 23.6 Å². The summed E-state index contributed by atoms with van der Waals surface area (Å²) < 4.78 is 6.08. The molecule has 0 aliphatic heterocycles. The fraction of sp³-hybridized carbons (Fsp3) is 0.357. The SMILES string of the molecule is COCCC(NC(=O)Cn1c(=O)[nH]c2ccccc21)C(=O)O. The average molecular weight is 307 g/mol. The Morgan fingerprint density at radius 2 is 2.14 bits per heavy atom. The highest BCUT2D eigenvalue weighted by molar-refractivity contribution is 5.84. The van der Waals surface area contributed by atoms with E-state index in [1.807, 2.05) is 0 Å². The van der Waals surface area contributed by atoms with Crippen molar-refractivity contribution in [3.63, 3.8) is 0 Å². The number of benzene rings is 1. The van der Waals surface area contributed by atoms with E-state index >= 15 is 0 Å². The van der Waals surface area contributed by atoms with Crippen LogP contribution in [0.5, 0.6) is 0 Å². The topological polar surface area (TPSA) is 113 Å². The van der Waals surface area contributed by atoms with Gasteiger partial charge in [-0.05, 0) is 12.1 Å². The molecule has 0 radical (unpaired) electrons. The molecule has 0 saturated heterocycles. The first-order chi connectivity index (χ1) is 10.5. The Hall–Kier alpha value is -2.61. The molecule has 1 aromatic heterocycles. The van der Waals surface area contributed by atoms with Crippen molar-refractivity contribution in [2.45, 2.75) is 19.0 Å². The van der Waals surface area contributed by atoms with E-state index in [1.54, 1.807) is 24.3 Å². The minimum atomic E-state index is -1.14. The third kappa shape index (κ3) is 3.53. The number of carboxylic acid groups (broad SMARTS) is 1. The van der Waals surface area contributed by atoms with E-state index in [1.165, 1.54) is 11.7 Å². The molecule has 3 N–H and O–H groups in total. The zero-order valence-corrected chi connectivity index (χ0v) is 12.0. The summed E-state index contributed by atoms with van der Waals surface area (Å²) in [7, 11) is 1.45. The number of H-pyrrole nitrogens is 1. The molecule has 1 aromatic carbocycles. The average Bonchev–Trinajstić information content (AvgIpc) is 2.79. The highest BCUT2D eigenvalue weighted by Gasteiger charge is 2.20. The molecule has 8 nitrogen and oxygen atoms in total. The van der Waals surface area contributed by atoms with Crippen LogP contribution >= 0.6 is 0 Å². The minimum absolute atomic E-state index is 0.153. The zero-order chi connectivity index (χ0) is 16.1. The second-order valence-corrected chi connectivity index (χ2v) is 4.77. The summed E-state index contributed by atoms with van der Waals surface area (Å²) in [5.74, 6) is -1.69. The lowest BCUT2D eigenvalue weighted by Gasteiger charge is -2.14. The molecular formula is C14H17N3O5. The van der Waals surface area contributed by atoms with Crippen molar-refractivity contribution in [3.8, 4) is 0 Å². The highest BCUT2D eigenvalue weighted by Crippen LogP contribution is 2.08. The van der Waals surface area contributed by atoms with Crippen molar-refractivity contribution in [1.29, 1.82) is 0 Å². The fourth-order valence-electron chi connectivity index (χ4n) is 2.14. The molecule has 118 valence electrons. The Balaban J connectivity index is 2.11. The summed E-state index contributed by atoms with van der Waals surface area (Å²) in [6, 6.07) is 5.91. The van der Waals surface area contributed by atoms with Gasteiger partial charge in [-0.2, -0.15) is 0 Å². The van der Waals surface area contributed by atoms with Crippen LogP contribution in [0.3, 0.4) is 0 Å². The van der Waals surface area contributed by atoms with E-state index in [0.29, 0.717) is 11.0 Å². The molecule has 0 saturated carbocycles. The lowest BCUT2D eigenvalue weighted by atomic mass is 10.2. The molecular weight excluding hydrogens is 290 g/mol. The van der Waals surface area contributed by atoms with E-state index in [-0.39, 0.29) is 19.6 Å². The first-order valence-corrected chi connectivity index (χ1v) is 6.71. The van der Waals surface area contributed by atoms with Crippen LogP contribution in [0.25, 0.3) is 11.0 Å². The molecule has 0 aliphatic rings. The van der Waals surface area contributed by atoms with E-state index in [9.17, 15) is 14.4 Å². The summed E-state index contributed by atoms with van der Waals surface area (Å²) in [4.78, 5) is 37.6. The zero-order valence-electron chi connectivity index (χ0n) is 12.0. The van der Waals surface area contributed by atoms with Crippen molar-refractivity contribution in [1.82, 2.24) is 14.9 Å². The smallest absolute Gasteiger partial charge is 0.326 e. The maximum atomic E-state index is 12.0. The standard InChI is InChI=1S/C14H17N3O5/c1-22-7-6-10(13(19)20)15-12(18)8-17-11-5-3-2-4-9(11)16-14(17)21/h2-5,10H,6-8H2,1H3,(H,15,18)(H,16,21)(H,19,20). The number of hydrogen-bond acceptors (Lipinski definition) is 4. The predicted octanol–water partition coefficient (Wildman–Crippen LogP) is -0.0645. The van der Waals surface area contributed by atoms with Crippen molar-refractivity contribution >= 4 is 22.9 Å². The van der Waals surface area contributed by atoms with Gasteiger partial charge in [-0.25, -0.2) is 9.59 Å². The normalized spacial score (nSPS) is 12.2. The van der Waals surface area contributed by atoms with Crippen LogP contribution in [0.15, 0.2) is 29.1 Å². The largest absolute Gasteiger partial charge is 0.480 e. The number of methoxy groups -OCH3 is 1. The first-order valence-electron chi connectivity index (χ1n) is 6.71. The highest BCUT2D eigenvalue weighted by atomic mass is 16.5. The van der Waals surface area contributed by atoms with Gasteiger partial charge in [0.15, 0.2) is 0 Å². The lowest BCUT2D eigenvalue weighted by molar-refractivity contribution is -0.142. The van der Waals surface area contributed by atoms with Crippen molar-refractivity contribution in [3.05, 3.63) is 34.7 Å². The molecule has 2 aromatic rings. The van der Waals surface area contributed by atoms with E-state index in [0.717, 1.165) is 0 Å². The van der Waals surface area contributed by atoms with E-state index in [4.69, 9.17) is 9.84 Å². The third-order valence-corrected chi connectivity index (χ3v) is 3.23. The Morgan fingerprint density at radius 3 is 2.82 bits per heavy atom. The number of nitrogens with zero attached hydrogens (tertiary/aromatic N) is 1. The maximum absolute atomic E-state index is 12.0. The first kappa shape index (κ1) is 15.8. The van der Waals surface area contributed by atoms with Gasteiger partial charge in [0.1, 0.15) is 12.6 Å². The van der Waals surface area contributed by atoms with Gasteiger partial charge in [0.25, 0.3) is 0 Å². The summed E-state index contributed by atoms with van der Waals surface area (Å²) in [6.07, 6.45) is 0.153. The van der Waals surface area contributed by atoms with Gasteiger partial charge >= 0.3 is 11.7 Å². The van der Waals surface area contributed by atoms with Crippen LogP contribution in [0.1, 0.15) is 6.42 Å². The molecule has 2 rings (SSSR count). The molecule has 0 fully saturated rings. The van der Waals surface area contributed by atoms with Gasteiger partial charge in [0.05, 0.1) is 11.0 Å². The summed E-state index contributed by atoms with van der Waals surface area (Å²) in [5, 5.41) is 11.4. The van der Waals surface area contributed by atoms with Gasteiger partial charge in [-0.15, -0.1) is 0 Å². The van der Waals surface area contributed by atoms with Gasteiger partial charge in [0.2, 0.25) is 5.91 Å². The maximum Gasteiger partial charge on any atom is 0.326 e. The number of aliphatic carboxylic acids is 1. The van der Waals surface area contributed by atoms with Gasteiger partial charge < -0.3 is 20.1 Å². The Labute approximate surface area is 125 Å². The van der Waals surface area contributed by atoms with Gasteiger partial charge in [0, 0.05) is 20.1 Å². The van der Waals surface area contributed by atoms with Crippen LogP contribution in [0.4, 0.5) is 0 Å². The molecule has 1 amide bonds. The van der Waals surface area contributed by atoms with Crippen LogP contribution < -0.4 is 11.0 Å². The second-order valence-electron chi connectivity index (χ2n) is 4.77. The Bertz CT molecular complexity index is 733. The van der Waals surface area contributed by atoms with Crippen LogP contribution in [0.2, 0.25) is 0 Å². The molecule has 22 heavy (non-hydrogen) atoms. The predicted molar refractivity (Wildman–Crippen MR) is 78.6 cm³/mol. The van der Waals surface area contributed by atoms with Gasteiger partial charge in [-0.3, -0.25) is 9.36 Å². The number of nitrogens with one attached hydrogen (secondary N) is 2. The number of amides is 1. The van der Waals surface area contributed by atoms with E-state index in [2.05, 4.69) is 10.3 Å². The number of carboxylic acids is 1. The number of hydrogen-bond donors (Lipinski definition) is 3. The Morgan fingerprint density at radius 1 is 1.41 bits per heavy atom. The molecule has 8 heteroatoms. The molecule has 0 aliphatic carbocycles. The summed E-state index contributed by atoms with van der Waals surface area (Å²) in [5.41, 5.74) is 0.793. The van der Waals surface area contributed by atoms with Gasteiger partial charge in [-0.1, -0.05) is 12.1 Å². The number of aromatic amines is 1.